The van der Waals surface area contributed by atoms with Crippen molar-refractivity contribution in [1.82, 2.24) is 0 Å². The number of hydrogen-bond donors (Lipinski definition) is 0. The lowest BCUT2D eigenvalue weighted by Crippen LogP contribution is -2.36. The number of fused-ring (bicyclic) bond motifs is 1. The molecule has 0 saturated heterocycles. The van der Waals surface area contributed by atoms with Crippen LogP contribution in [-0.2, 0) is 22.4 Å². The second-order valence-corrected chi connectivity index (χ2v) is 10.2. The van der Waals surface area contributed by atoms with Crippen molar-refractivity contribution in [3.8, 4) is 16.9 Å². The van der Waals surface area contributed by atoms with Crippen LogP contribution in [0.3, 0.4) is 0 Å². The Balaban J connectivity index is 1.84. The Bertz CT molecular complexity index is 1360. The first kappa shape index (κ1) is 30.0. The Morgan fingerprint density at radius 2 is 1.79 bits per heavy atom. The summed E-state index contributed by atoms with van der Waals surface area (Å²) in [6.07, 6.45) is 0.394. The minimum absolute atomic E-state index is 0.229. The normalized spacial score (nSPS) is 13.2. The Morgan fingerprint density at radius 1 is 1.03 bits per heavy atom. The van der Waals surface area contributed by atoms with E-state index in [0.29, 0.717) is 10.9 Å². The summed E-state index contributed by atoms with van der Waals surface area (Å²) in [4.78, 5) is 24.4. The molecule has 0 aliphatic rings. The number of aryl methyl sites for hydroxylation is 2. The fourth-order valence-corrected chi connectivity index (χ4v) is 4.50. The van der Waals surface area contributed by atoms with Crippen molar-refractivity contribution in [2.24, 2.45) is 5.41 Å². The van der Waals surface area contributed by atoms with Crippen LogP contribution < -0.4 is 10.4 Å². The van der Waals surface area contributed by atoms with E-state index in [9.17, 15) is 22.8 Å². The van der Waals surface area contributed by atoms with Crippen LogP contribution in [0.2, 0.25) is 0 Å². The maximum absolute atomic E-state index is 13.2. The molecule has 3 rings (SSSR count). The lowest BCUT2D eigenvalue weighted by Gasteiger charge is -2.29. The molecule has 5 nitrogen and oxygen atoms in total. The Labute approximate surface area is 226 Å². The van der Waals surface area contributed by atoms with Gasteiger partial charge in [0, 0.05) is 22.9 Å². The summed E-state index contributed by atoms with van der Waals surface area (Å²) < 4.78 is 55.7. The molecule has 1 aromatic heterocycles. The molecule has 210 valence electrons. The lowest BCUT2D eigenvalue weighted by atomic mass is 9.88. The monoisotopic (exact) mass is 544 g/mol. The number of hydrogen-bond acceptors (Lipinski definition) is 5. The van der Waals surface area contributed by atoms with E-state index in [4.69, 9.17) is 13.9 Å². The van der Waals surface area contributed by atoms with Gasteiger partial charge < -0.3 is 13.9 Å². The third kappa shape index (κ3) is 8.47. The highest BCUT2D eigenvalue weighted by Crippen LogP contribution is 2.35. The highest BCUT2D eigenvalue weighted by atomic mass is 19.4. The zero-order valence-electron chi connectivity index (χ0n) is 22.7. The molecule has 0 spiro atoms. The van der Waals surface area contributed by atoms with Crippen LogP contribution in [0.4, 0.5) is 13.2 Å². The summed E-state index contributed by atoms with van der Waals surface area (Å²) in [5, 5.41) is 0.656. The van der Waals surface area contributed by atoms with Crippen molar-refractivity contribution >= 4 is 16.9 Å². The second kappa shape index (κ2) is 13.0. The van der Waals surface area contributed by atoms with E-state index in [2.05, 4.69) is 25.6 Å². The number of rotatable bonds is 13. The molecule has 0 aliphatic carbocycles. The quantitative estimate of drug-likeness (QED) is 0.0950. The number of benzene rings is 2. The van der Waals surface area contributed by atoms with Gasteiger partial charge in [0.15, 0.2) is 0 Å². The zero-order chi connectivity index (χ0) is 28.6. The number of esters is 1. The van der Waals surface area contributed by atoms with Crippen LogP contribution in [0.25, 0.3) is 22.1 Å². The summed E-state index contributed by atoms with van der Waals surface area (Å²) in [6, 6.07) is 12.7. The molecule has 0 radical (unpaired) electrons. The van der Waals surface area contributed by atoms with Gasteiger partial charge in [0.2, 0.25) is 0 Å². The van der Waals surface area contributed by atoms with Crippen LogP contribution in [0.1, 0.15) is 57.6 Å². The molecule has 8 heteroatoms. The molecular formula is C31H35F3O5. The van der Waals surface area contributed by atoms with Crippen LogP contribution in [0.15, 0.2) is 64.3 Å². The van der Waals surface area contributed by atoms with Crippen molar-refractivity contribution < 1.29 is 31.9 Å². The average Bonchev–Trinajstić information content (AvgIpc) is 2.89. The third-order valence-corrected chi connectivity index (χ3v) is 6.56. The Kier molecular flexibility index (Phi) is 10.0. The first-order valence-electron chi connectivity index (χ1n) is 13.2. The van der Waals surface area contributed by atoms with E-state index in [-0.39, 0.29) is 17.9 Å². The fourth-order valence-electron chi connectivity index (χ4n) is 4.50. The van der Waals surface area contributed by atoms with Crippen molar-refractivity contribution in [1.29, 1.82) is 0 Å². The van der Waals surface area contributed by atoms with Crippen LogP contribution in [0, 0.1) is 5.41 Å². The first-order chi connectivity index (χ1) is 18.5. The molecule has 0 aliphatic heterocycles. The van der Waals surface area contributed by atoms with Gasteiger partial charge in [-0.05, 0) is 54.2 Å². The number of unbranched alkanes of at least 4 members (excludes halogenated alkanes) is 2. The maximum Gasteiger partial charge on any atom is 0.389 e. The predicted octanol–water partition coefficient (Wildman–Crippen LogP) is 7.82. The summed E-state index contributed by atoms with van der Waals surface area (Å²) in [6.45, 7) is 7.92. The summed E-state index contributed by atoms with van der Waals surface area (Å²) in [5.74, 6) is -0.587. The van der Waals surface area contributed by atoms with Gasteiger partial charge in [-0.1, -0.05) is 58.4 Å². The van der Waals surface area contributed by atoms with E-state index in [0.717, 1.165) is 42.9 Å². The molecule has 0 fully saturated rings. The predicted molar refractivity (Wildman–Crippen MR) is 146 cm³/mol. The van der Waals surface area contributed by atoms with Crippen LogP contribution >= 0.6 is 0 Å². The van der Waals surface area contributed by atoms with Gasteiger partial charge in [0.25, 0.3) is 0 Å². The first-order valence-corrected chi connectivity index (χ1v) is 13.2. The van der Waals surface area contributed by atoms with Gasteiger partial charge in [-0.3, -0.25) is 0 Å². The SMILES string of the molecule is C=CC(=O)OCC(C)(COc1ccc2cc(-c3ccc(CCCCC)cc3CC)c(=O)oc2c1)CC(F)(F)F. The molecule has 0 amide bonds. The van der Waals surface area contributed by atoms with Gasteiger partial charge in [-0.25, -0.2) is 9.59 Å². The van der Waals surface area contributed by atoms with E-state index >= 15 is 0 Å². The summed E-state index contributed by atoms with van der Waals surface area (Å²) >= 11 is 0. The average molecular weight is 545 g/mol. The molecule has 0 bridgehead atoms. The molecule has 0 saturated carbocycles. The maximum atomic E-state index is 13.2. The van der Waals surface area contributed by atoms with Crippen molar-refractivity contribution in [3.05, 3.63) is 76.7 Å². The molecule has 1 unspecified atom stereocenters. The summed E-state index contributed by atoms with van der Waals surface area (Å²) in [7, 11) is 0. The van der Waals surface area contributed by atoms with Crippen molar-refractivity contribution in [2.75, 3.05) is 13.2 Å². The molecule has 3 aromatic rings. The van der Waals surface area contributed by atoms with Crippen molar-refractivity contribution in [3.63, 3.8) is 0 Å². The molecule has 2 aromatic carbocycles. The van der Waals surface area contributed by atoms with Gasteiger partial charge in [0.1, 0.15) is 17.9 Å². The molecule has 39 heavy (non-hydrogen) atoms. The highest BCUT2D eigenvalue weighted by Gasteiger charge is 2.41. The number of ether oxygens (including phenoxy) is 2. The van der Waals surface area contributed by atoms with E-state index < -0.39 is 36.2 Å². The standard InChI is InChI=1S/C31H35F3O5/c1-5-8-9-10-21-11-14-25(22(6-2)15-21)26-16-23-12-13-24(17-27(23)39-29(26)36)37-19-30(4,18-31(32,33)34)20-38-28(35)7-3/h7,11-17H,3,5-6,8-10,18-20H2,1-2,4H3. The lowest BCUT2D eigenvalue weighted by molar-refractivity contribution is -0.172. The molecular weight excluding hydrogens is 509 g/mol. The second-order valence-electron chi connectivity index (χ2n) is 10.2. The van der Waals surface area contributed by atoms with E-state index in [1.165, 1.54) is 25.0 Å². The van der Waals surface area contributed by atoms with Gasteiger partial charge in [-0.15, -0.1) is 0 Å². The zero-order valence-corrected chi connectivity index (χ0v) is 22.7. The Hall–Kier alpha value is -3.55. The third-order valence-electron chi connectivity index (χ3n) is 6.56. The number of carbonyl (C=O) groups excluding carboxylic acids is 1. The van der Waals surface area contributed by atoms with Gasteiger partial charge in [-0.2, -0.15) is 13.2 Å². The molecule has 0 N–H and O–H groups in total. The summed E-state index contributed by atoms with van der Waals surface area (Å²) in [5.41, 5.74) is 1.80. The van der Waals surface area contributed by atoms with E-state index in [1.54, 1.807) is 18.2 Å². The van der Waals surface area contributed by atoms with E-state index in [1.807, 2.05) is 13.0 Å². The largest absolute Gasteiger partial charge is 0.493 e. The van der Waals surface area contributed by atoms with Crippen LogP contribution in [-0.4, -0.2) is 25.4 Å². The molecule has 1 atom stereocenters. The Morgan fingerprint density at radius 3 is 2.46 bits per heavy atom. The fraction of sp³-hybridized carbons (Fsp3) is 0.419. The highest BCUT2D eigenvalue weighted by molar-refractivity contribution is 5.83. The minimum atomic E-state index is -4.49. The minimum Gasteiger partial charge on any atom is -0.493 e. The smallest absolute Gasteiger partial charge is 0.389 e. The van der Waals surface area contributed by atoms with Gasteiger partial charge in [0.05, 0.1) is 18.6 Å². The number of carbonyl (C=O) groups is 1. The number of alkyl halides is 3. The number of halogens is 3. The van der Waals surface area contributed by atoms with Gasteiger partial charge >= 0.3 is 17.8 Å². The van der Waals surface area contributed by atoms with Crippen LogP contribution in [0.5, 0.6) is 5.75 Å². The van der Waals surface area contributed by atoms with Crippen molar-refractivity contribution in [2.45, 2.75) is 65.5 Å². The topological polar surface area (TPSA) is 65.7 Å². The molecule has 1 heterocycles.